The Hall–Kier alpha value is -4.29. The monoisotopic (exact) mass is 470 g/mol. The van der Waals surface area contributed by atoms with Crippen LogP contribution in [0.1, 0.15) is 28.8 Å². The molecule has 1 atom stereocenters. The fourth-order valence-corrected chi connectivity index (χ4v) is 4.10. The van der Waals surface area contributed by atoms with Gasteiger partial charge in [-0.1, -0.05) is 11.2 Å². The topological polar surface area (TPSA) is 101 Å². The summed E-state index contributed by atoms with van der Waals surface area (Å²) in [5.41, 5.74) is 1.47. The van der Waals surface area contributed by atoms with Crippen molar-refractivity contribution < 1.29 is 22.0 Å². The van der Waals surface area contributed by atoms with Crippen molar-refractivity contribution in [3.05, 3.63) is 77.5 Å². The lowest BCUT2D eigenvalue weighted by atomic mass is 10.0. The second kappa shape index (κ2) is 7.37. The standard InChI is InChI=1S/C21H14F4N8O/c22-11-4-5-14(26-9-11)19-29-30-20(34-19)32-7-6-13-17(28-10-27-13)18(32)15-8-12-2-1-3-16(21(23,24)25)33(12)31-15/h1-5,8-10,18H,6-7H2,(H,27,28)/t18-/m0/s1. The highest BCUT2D eigenvalue weighted by Crippen LogP contribution is 2.38. The number of fused-ring (bicyclic) bond motifs is 2. The minimum Gasteiger partial charge on any atom is -0.402 e. The fraction of sp³-hybridized carbons (Fsp3) is 0.190. The van der Waals surface area contributed by atoms with E-state index in [2.05, 4.69) is 30.2 Å². The Morgan fingerprint density at radius 3 is 2.76 bits per heavy atom. The molecule has 0 spiro atoms. The Morgan fingerprint density at radius 2 is 1.97 bits per heavy atom. The van der Waals surface area contributed by atoms with Gasteiger partial charge in [-0.25, -0.2) is 18.9 Å². The van der Waals surface area contributed by atoms with E-state index in [0.29, 0.717) is 24.4 Å². The van der Waals surface area contributed by atoms with E-state index in [0.717, 1.165) is 22.5 Å². The van der Waals surface area contributed by atoms with Crippen molar-refractivity contribution >= 4 is 11.5 Å². The highest BCUT2D eigenvalue weighted by molar-refractivity contribution is 5.54. The molecule has 0 saturated carbocycles. The van der Waals surface area contributed by atoms with Crippen LogP contribution in [0.3, 0.4) is 0 Å². The average Bonchev–Trinajstić information content (AvgIpc) is 3.56. The summed E-state index contributed by atoms with van der Waals surface area (Å²) >= 11 is 0. The maximum absolute atomic E-state index is 13.5. The van der Waals surface area contributed by atoms with Gasteiger partial charge in [-0.3, -0.25) is 0 Å². The van der Waals surface area contributed by atoms with E-state index in [1.807, 2.05) is 0 Å². The van der Waals surface area contributed by atoms with Gasteiger partial charge in [0, 0.05) is 18.7 Å². The van der Waals surface area contributed by atoms with Crippen LogP contribution < -0.4 is 4.90 Å². The molecule has 1 N–H and O–H groups in total. The van der Waals surface area contributed by atoms with Crippen LogP contribution in [-0.2, 0) is 12.6 Å². The van der Waals surface area contributed by atoms with Crippen LogP contribution in [0.25, 0.3) is 17.1 Å². The summed E-state index contributed by atoms with van der Waals surface area (Å²) in [7, 11) is 0. The van der Waals surface area contributed by atoms with Gasteiger partial charge in [0.05, 0.1) is 29.4 Å². The molecule has 0 amide bonds. The number of rotatable bonds is 3. The SMILES string of the molecule is Fc1ccc(-c2nnc(N3CCc4[nH]cnc4[C@@H]3c3cc4cccc(C(F)(F)F)n4n3)o2)nc1. The molecule has 5 aromatic heterocycles. The number of imidazole rings is 1. The molecule has 9 nitrogen and oxygen atoms in total. The number of H-pyrrole nitrogens is 1. The van der Waals surface area contributed by atoms with E-state index in [1.165, 1.54) is 24.5 Å². The second-order valence-electron chi connectivity index (χ2n) is 7.68. The lowest BCUT2D eigenvalue weighted by Gasteiger charge is -2.32. The number of pyridine rings is 2. The quantitative estimate of drug-likeness (QED) is 0.400. The Morgan fingerprint density at radius 1 is 1.09 bits per heavy atom. The first-order valence-corrected chi connectivity index (χ1v) is 10.2. The number of nitrogens with zero attached hydrogens (tertiary/aromatic N) is 7. The van der Waals surface area contributed by atoms with Gasteiger partial charge in [-0.15, -0.1) is 5.10 Å². The molecule has 1 aliphatic heterocycles. The second-order valence-corrected chi connectivity index (χ2v) is 7.68. The number of alkyl halides is 3. The van der Waals surface area contributed by atoms with Crippen molar-refractivity contribution in [1.82, 2.24) is 34.8 Å². The molecular formula is C21H14F4N8O. The predicted octanol–water partition coefficient (Wildman–Crippen LogP) is 3.81. The van der Waals surface area contributed by atoms with Gasteiger partial charge in [-0.2, -0.15) is 18.3 Å². The van der Waals surface area contributed by atoms with E-state index in [4.69, 9.17) is 4.42 Å². The zero-order valence-electron chi connectivity index (χ0n) is 17.2. The van der Waals surface area contributed by atoms with Crippen LogP contribution in [0.2, 0.25) is 0 Å². The number of nitrogens with one attached hydrogen (secondary N) is 1. The Kier molecular flexibility index (Phi) is 4.40. The normalized spacial score (nSPS) is 16.2. The predicted molar refractivity (Wildman–Crippen MR) is 109 cm³/mol. The van der Waals surface area contributed by atoms with E-state index in [1.54, 1.807) is 17.0 Å². The molecule has 34 heavy (non-hydrogen) atoms. The van der Waals surface area contributed by atoms with E-state index >= 15 is 0 Å². The maximum atomic E-state index is 13.5. The molecule has 6 heterocycles. The minimum absolute atomic E-state index is 0.0796. The van der Waals surface area contributed by atoms with Crippen molar-refractivity contribution in [2.75, 3.05) is 11.4 Å². The number of aromatic amines is 1. The third-order valence-corrected chi connectivity index (χ3v) is 5.61. The first kappa shape index (κ1) is 20.3. The zero-order valence-corrected chi connectivity index (χ0v) is 17.2. The van der Waals surface area contributed by atoms with Crippen LogP contribution in [0.15, 0.2) is 53.3 Å². The molecule has 13 heteroatoms. The number of anilines is 1. The smallest absolute Gasteiger partial charge is 0.402 e. The summed E-state index contributed by atoms with van der Waals surface area (Å²) in [6.45, 7) is 0.415. The van der Waals surface area contributed by atoms with E-state index in [-0.39, 0.29) is 23.1 Å². The van der Waals surface area contributed by atoms with Crippen molar-refractivity contribution in [3.8, 4) is 11.6 Å². The van der Waals surface area contributed by atoms with Crippen molar-refractivity contribution in [1.29, 1.82) is 0 Å². The van der Waals surface area contributed by atoms with Crippen LogP contribution in [0, 0.1) is 5.82 Å². The summed E-state index contributed by atoms with van der Waals surface area (Å²) in [5.74, 6) is -0.424. The molecule has 1 aliphatic rings. The number of aromatic nitrogens is 7. The fourth-order valence-electron chi connectivity index (χ4n) is 4.10. The average molecular weight is 470 g/mol. The minimum atomic E-state index is -4.57. The molecule has 6 rings (SSSR count). The number of hydrogen-bond donors (Lipinski definition) is 1. The number of halogens is 4. The molecule has 0 saturated heterocycles. The molecule has 5 aromatic rings. The molecule has 0 fully saturated rings. The Bertz CT molecular complexity index is 1490. The van der Waals surface area contributed by atoms with Gasteiger partial charge < -0.3 is 14.3 Å². The van der Waals surface area contributed by atoms with Crippen LogP contribution in [0.5, 0.6) is 0 Å². The lowest BCUT2D eigenvalue weighted by Crippen LogP contribution is -2.37. The maximum Gasteiger partial charge on any atom is 0.433 e. The van der Waals surface area contributed by atoms with Crippen molar-refractivity contribution in [3.63, 3.8) is 0 Å². The zero-order chi connectivity index (χ0) is 23.4. The van der Waals surface area contributed by atoms with E-state index < -0.39 is 23.7 Å². The summed E-state index contributed by atoms with van der Waals surface area (Å²) in [6.07, 6.45) is -1.44. The first-order valence-electron chi connectivity index (χ1n) is 10.2. The molecule has 0 aliphatic carbocycles. The lowest BCUT2D eigenvalue weighted by molar-refractivity contribution is -0.142. The van der Waals surface area contributed by atoms with Crippen LogP contribution in [-0.4, -0.2) is 41.3 Å². The molecule has 0 unspecified atom stereocenters. The van der Waals surface area contributed by atoms with Crippen molar-refractivity contribution in [2.24, 2.45) is 0 Å². The van der Waals surface area contributed by atoms with Crippen molar-refractivity contribution in [2.45, 2.75) is 18.6 Å². The van der Waals surface area contributed by atoms with Gasteiger partial charge >= 0.3 is 12.2 Å². The van der Waals surface area contributed by atoms with Gasteiger partial charge in [0.25, 0.3) is 5.89 Å². The van der Waals surface area contributed by atoms with Gasteiger partial charge in [0.15, 0.2) is 0 Å². The Balaban J connectivity index is 1.45. The highest BCUT2D eigenvalue weighted by atomic mass is 19.4. The third-order valence-electron chi connectivity index (χ3n) is 5.61. The summed E-state index contributed by atoms with van der Waals surface area (Å²) in [5, 5.41) is 12.4. The summed E-state index contributed by atoms with van der Waals surface area (Å²) in [4.78, 5) is 13.1. The van der Waals surface area contributed by atoms with E-state index in [9.17, 15) is 17.6 Å². The van der Waals surface area contributed by atoms with Gasteiger partial charge in [0.2, 0.25) is 0 Å². The molecule has 172 valence electrons. The largest absolute Gasteiger partial charge is 0.433 e. The molecular weight excluding hydrogens is 456 g/mol. The Labute approximate surface area is 188 Å². The number of hydrogen-bond acceptors (Lipinski definition) is 7. The summed E-state index contributed by atoms with van der Waals surface area (Å²) < 4.78 is 60.5. The molecule has 0 radical (unpaired) electrons. The van der Waals surface area contributed by atoms with Gasteiger partial charge in [0.1, 0.15) is 23.2 Å². The van der Waals surface area contributed by atoms with Crippen LogP contribution in [0.4, 0.5) is 23.6 Å². The molecule has 0 bridgehead atoms. The van der Waals surface area contributed by atoms with Gasteiger partial charge in [-0.05, 0) is 30.3 Å². The third kappa shape index (κ3) is 3.27. The first-order chi connectivity index (χ1) is 16.4. The highest BCUT2D eigenvalue weighted by Gasteiger charge is 2.38. The van der Waals surface area contributed by atoms with Crippen LogP contribution >= 0.6 is 0 Å². The summed E-state index contributed by atoms with van der Waals surface area (Å²) in [6, 6.07) is 7.52. The molecule has 0 aromatic carbocycles.